The molecule has 0 fully saturated rings. The molecule has 17 heavy (non-hydrogen) atoms. The Balaban J connectivity index is 2.14. The molecule has 2 aromatic rings. The average Bonchev–Trinajstić information content (AvgIpc) is 2.62. The number of ether oxygens (including phenoxy) is 1. The number of thiazole rings is 1. The molecule has 0 aliphatic heterocycles. The number of hydrogen-bond donors (Lipinski definition) is 1. The van der Waals surface area contributed by atoms with Gasteiger partial charge in [0, 0.05) is 8.95 Å². The van der Waals surface area contributed by atoms with E-state index in [9.17, 15) is 0 Å². The minimum Gasteiger partial charge on any atom is -0.485 e. The van der Waals surface area contributed by atoms with Gasteiger partial charge in [-0.2, -0.15) is 0 Å². The van der Waals surface area contributed by atoms with E-state index in [1.165, 1.54) is 14.9 Å². The van der Waals surface area contributed by atoms with E-state index in [0.717, 1.165) is 18.6 Å². The molecule has 0 bridgehead atoms. The Morgan fingerprint density at radius 1 is 1.24 bits per heavy atom. The molecule has 0 saturated heterocycles. The molecule has 0 radical (unpaired) electrons. The molecule has 0 amide bonds. The summed E-state index contributed by atoms with van der Waals surface area (Å²) in [7, 11) is 0. The van der Waals surface area contributed by atoms with Crippen molar-refractivity contribution < 1.29 is 4.74 Å². The van der Waals surface area contributed by atoms with Crippen molar-refractivity contribution in [2.75, 3.05) is 5.73 Å². The minimum atomic E-state index is 0.459. The SMILES string of the molecule is Nc1nc(COc2c(I)cc(I)cc2I)cs1. The molecule has 1 heterocycles. The van der Waals surface area contributed by atoms with Gasteiger partial charge >= 0.3 is 0 Å². The van der Waals surface area contributed by atoms with Gasteiger partial charge < -0.3 is 10.5 Å². The van der Waals surface area contributed by atoms with Gasteiger partial charge in [0.1, 0.15) is 12.4 Å². The maximum atomic E-state index is 5.79. The van der Waals surface area contributed by atoms with E-state index in [4.69, 9.17) is 10.5 Å². The number of nitrogen functional groups attached to an aromatic ring is 1. The molecule has 2 N–H and O–H groups in total. The average molecular weight is 584 g/mol. The molecular weight excluding hydrogens is 577 g/mol. The van der Waals surface area contributed by atoms with Crippen LogP contribution in [0.15, 0.2) is 17.5 Å². The third-order valence-corrected chi connectivity index (χ3v) is 4.85. The standard InChI is InChI=1S/C10H7I3N2OS/c11-5-1-7(12)9(8(13)2-5)16-3-6-4-17-10(14)15-6/h1-2,4H,3H2,(H2,14,15). The summed E-state index contributed by atoms with van der Waals surface area (Å²) in [4.78, 5) is 4.17. The second-order valence-corrected chi connectivity index (χ2v) is 7.62. The molecule has 90 valence electrons. The van der Waals surface area contributed by atoms with Crippen molar-refractivity contribution in [2.45, 2.75) is 6.61 Å². The van der Waals surface area contributed by atoms with Crippen molar-refractivity contribution >= 4 is 84.2 Å². The van der Waals surface area contributed by atoms with E-state index in [-0.39, 0.29) is 0 Å². The Morgan fingerprint density at radius 2 is 1.88 bits per heavy atom. The summed E-state index contributed by atoms with van der Waals surface area (Å²) in [5.41, 5.74) is 6.45. The number of nitrogens with two attached hydrogens (primary N) is 1. The first-order valence-electron chi connectivity index (χ1n) is 4.53. The van der Waals surface area contributed by atoms with Crippen LogP contribution in [0.3, 0.4) is 0 Å². The van der Waals surface area contributed by atoms with Crippen LogP contribution >= 0.6 is 79.1 Å². The number of halogens is 3. The molecule has 0 atom stereocenters. The number of benzene rings is 1. The Morgan fingerprint density at radius 3 is 2.41 bits per heavy atom. The molecule has 1 aromatic heterocycles. The highest BCUT2D eigenvalue weighted by Gasteiger charge is 2.09. The summed E-state index contributed by atoms with van der Waals surface area (Å²) in [6.45, 7) is 0.459. The topological polar surface area (TPSA) is 48.1 Å². The lowest BCUT2D eigenvalue weighted by Crippen LogP contribution is -2.00. The van der Waals surface area contributed by atoms with E-state index < -0.39 is 0 Å². The largest absolute Gasteiger partial charge is 0.485 e. The van der Waals surface area contributed by atoms with Crippen LogP contribution in [-0.4, -0.2) is 4.98 Å². The van der Waals surface area contributed by atoms with E-state index >= 15 is 0 Å². The highest BCUT2D eigenvalue weighted by molar-refractivity contribution is 14.1. The molecule has 0 aliphatic rings. The van der Waals surface area contributed by atoms with Gasteiger partial charge in [-0.15, -0.1) is 11.3 Å². The maximum absolute atomic E-state index is 5.79. The second-order valence-electron chi connectivity index (χ2n) is 3.16. The van der Waals surface area contributed by atoms with Crippen molar-refractivity contribution in [3.8, 4) is 5.75 Å². The quantitative estimate of drug-likeness (QED) is 0.554. The number of hydrogen-bond acceptors (Lipinski definition) is 4. The lowest BCUT2D eigenvalue weighted by molar-refractivity contribution is 0.298. The second kappa shape index (κ2) is 6.19. The molecule has 7 heteroatoms. The first-order chi connectivity index (χ1) is 8.06. The van der Waals surface area contributed by atoms with Crippen LogP contribution in [-0.2, 0) is 6.61 Å². The molecule has 1 aromatic carbocycles. The highest BCUT2D eigenvalue weighted by atomic mass is 127. The van der Waals surface area contributed by atoms with Gasteiger partial charge in [-0.3, -0.25) is 0 Å². The third kappa shape index (κ3) is 3.80. The Kier molecular flexibility index (Phi) is 5.12. The predicted molar refractivity (Wildman–Crippen MR) is 95.5 cm³/mol. The van der Waals surface area contributed by atoms with Crippen molar-refractivity contribution in [2.24, 2.45) is 0 Å². The van der Waals surface area contributed by atoms with Crippen molar-refractivity contribution in [1.82, 2.24) is 4.98 Å². The van der Waals surface area contributed by atoms with Gasteiger partial charge in [0.15, 0.2) is 5.13 Å². The third-order valence-electron chi connectivity index (χ3n) is 1.90. The zero-order valence-electron chi connectivity index (χ0n) is 8.41. The summed E-state index contributed by atoms with van der Waals surface area (Å²) in [5.74, 6) is 0.915. The molecule has 0 saturated carbocycles. The van der Waals surface area contributed by atoms with Crippen molar-refractivity contribution in [1.29, 1.82) is 0 Å². The summed E-state index contributed by atoms with van der Waals surface area (Å²) in [5, 5.41) is 2.50. The molecule has 0 aliphatic carbocycles. The van der Waals surface area contributed by atoms with Crippen LogP contribution in [0.4, 0.5) is 5.13 Å². The summed E-state index contributed by atoms with van der Waals surface area (Å²) in [6, 6.07) is 4.18. The van der Waals surface area contributed by atoms with Crippen molar-refractivity contribution in [3.63, 3.8) is 0 Å². The van der Waals surface area contributed by atoms with Crippen LogP contribution in [0.2, 0.25) is 0 Å². The van der Waals surface area contributed by atoms with E-state index in [0.29, 0.717) is 11.7 Å². The fraction of sp³-hybridized carbons (Fsp3) is 0.100. The monoisotopic (exact) mass is 584 g/mol. The Bertz CT molecular complexity index is 521. The van der Waals surface area contributed by atoms with Crippen LogP contribution in [0.5, 0.6) is 5.75 Å². The Labute approximate surface area is 144 Å². The van der Waals surface area contributed by atoms with Gasteiger partial charge in [0.25, 0.3) is 0 Å². The molecule has 2 rings (SSSR count). The van der Waals surface area contributed by atoms with Gasteiger partial charge in [-0.1, -0.05) is 0 Å². The van der Waals surface area contributed by atoms with E-state index in [1.807, 2.05) is 5.38 Å². The molecular formula is C10H7I3N2OS. The number of aromatic nitrogens is 1. The lowest BCUT2D eigenvalue weighted by atomic mass is 10.3. The zero-order valence-corrected chi connectivity index (χ0v) is 15.7. The maximum Gasteiger partial charge on any atom is 0.180 e. The normalized spacial score (nSPS) is 10.5. The lowest BCUT2D eigenvalue weighted by Gasteiger charge is -2.09. The first kappa shape index (κ1) is 14.1. The summed E-state index contributed by atoms with van der Waals surface area (Å²) < 4.78 is 9.23. The smallest absolute Gasteiger partial charge is 0.180 e. The Hall–Kier alpha value is 0.640. The van der Waals surface area contributed by atoms with Crippen LogP contribution in [0.1, 0.15) is 5.69 Å². The van der Waals surface area contributed by atoms with Crippen LogP contribution < -0.4 is 10.5 Å². The van der Waals surface area contributed by atoms with E-state index in [1.54, 1.807) is 0 Å². The zero-order chi connectivity index (χ0) is 12.4. The first-order valence-corrected chi connectivity index (χ1v) is 8.65. The fourth-order valence-electron chi connectivity index (χ4n) is 1.20. The van der Waals surface area contributed by atoms with E-state index in [2.05, 4.69) is 84.9 Å². The van der Waals surface area contributed by atoms with Crippen LogP contribution in [0.25, 0.3) is 0 Å². The van der Waals surface area contributed by atoms with Gasteiger partial charge in [-0.05, 0) is 79.9 Å². The predicted octanol–water partition coefficient (Wildman–Crippen LogP) is 4.12. The van der Waals surface area contributed by atoms with Gasteiger partial charge in [-0.25, -0.2) is 4.98 Å². The van der Waals surface area contributed by atoms with Crippen LogP contribution in [0, 0.1) is 10.7 Å². The molecule has 3 nitrogen and oxygen atoms in total. The number of anilines is 1. The minimum absolute atomic E-state index is 0.459. The van der Waals surface area contributed by atoms with Gasteiger partial charge in [0.2, 0.25) is 0 Å². The summed E-state index contributed by atoms with van der Waals surface area (Å²) >= 11 is 8.30. The number of nitrogens with zero attached hydrogens (tertiary/aromatic N) is 1. The van der Waals surface area contributed by atoms with Gasteiger partial charge in [0.05, 0.1) is 12.8 Å². The van der Waals surface area contributed by atoms with Crippen molar-refractivity contribution in [3.05, 3.63) is 33.9 Å². The number of rotatable bonds is 3. The highest BCUT2D eigenvalue weighted by Crippen LogP contribution is 2.30. The molecule has 0 spiro atoms. The molecule has 0 unspecified atom stereocenters. The fourth-order valence-corrected chi connectivity index (χ4v) is 5.64. The summed E-state index contributed by atoms with van der Waals surface area (Å²) in [6.07, 6.45) is 0.